The summed E-state index contributed by atoms with van der Waals surface area (Å²) in [5.41, 5.74) is 2.87. The summed E-state index contributed by atoms with van der Waals surface area (Å²) in [6.45, 7) is 6.99. The van der Waals surface area contributed by atoms with Gasteiger partial charge in [0.05, 0.1) is 6.61 Å². The summed E-state index contributed by atoms with van der Waals surface area (Å²) in [5, 5.41) is 0. The number of ether oxygens (including phenoxy) is 2. The van der Waals surface area contributed by atoms with Crippen LogP contribution in [0.5, 0.6) is 11.5 Å². The maximum Gasteiger partial charge on any atom is 0.159 e. The van der Waals surface area contributed by atoms with Crippen LogP contribution in [0, 0.1) is 5.92 Å². The molecule has 1 aromatic heterocycles. The van der Waals surface area contributed by atoms with E-state index in [0.717, 1.165) is 41.9 Å². The molecule has 0 radical (unpaired) electrons. The second-order valence-electron chi connectivity index (χ2n) is 10.2. The van der Waals surface area contributed by atoms with Gasteiger partial charge < -0.3 is 9.47 Å². The molecule has 0 saturated carbocycles. The first-order valence-electron chi connectivity index (χ1n) is 14.5. The minimum Gasteiger partial charge on any atom is -0.494 e. The maximum atomic E-state index is 14.0. The highest BCUT2D eigenvalue weighted by Gasteiger charge is 2.15. The van der Waals surface area contributed by atoms with Gasteiger partial charge >= 0.3 is 0 Å². The molecule has 0 N–H and O–H groups in total. The molecule has 0 saturated heterocycles. The zero-order chi connectivity index (χ0) is 27.0. The smallest absolute Gasteiger partial charge is 0.159 e. The highest BCUT2D eigenvalue weighted by molar-refractivity contribution is 5.64. The Balaban J connectivity index is 1.40. The quantitative estimate of drug-likeness (QED) is 0.157. The number of alkyl halides is 1. The molecule has 0 spiro atoms. The van der Waals surface area contributed by atoms with Crippen LogP contribution in [0.2, 0.25) is 0 Å². The van der Waals surface area contributed by atoms with Crippen molar-refractivity contribution >= 4 is 0 Å². The van der Waals surface area contributed by atoms with E-state index in [1.165, 1.54) is 51.4 Å². The van der Waals surface area contributed by atoms with E-state index in [9.17, 15) is 4.39 Å². The van der Waals surface area contributed by atoms with E-state index in [2.05, 4.69) is 16.9 Å². The Bertz CT molecular complexity index is 1020. The summed E-state index contributed by atoms with van der Waals surface area (Å²) in [6.07, 6.45) is 15.3. The molecule has 2 unspecified atom stereocenters. The van der Waals surface area contributed by atoms with Crippen LogP contribution < -0.4 is 9.47 Å². The molecule has 2 atom stereocenters. The van der Waals surface area contributed by atoms with Gasteiger partial charge in [0.15, 0.2) is 5.82 Å². The van der Waals surface area contributed by atoms with Gasteiger partial charge in [-0.3, -0.25) is 0 Å². The van der Waals surface area contributed by atoms with Crippen LogP contribution in [-0.2, 0) is 0 Å². The van der Waals surface area contributed by atoms with Gasteiger partial charge in [0.25, 0.3) is 0 Å². The maximum absolute atomic E-state index is 14.0. The number of rotatable bonds is 18. The largest absolute Gasteiger partial charge is 0.494 e. The van der Waals surface area contributed by atoms with Gasteiger partial charge in [-0.1, -0.05) is 90.7 Å². The van der Waals surface area contributed by atoms with Crippen LogP contribution in [0.1, 0.15) is 85.0 Å². The molecule has 4 nitrogen and oxygen atoms in total. The first kappa shape index (κ1) is 29.6. The van der Waals surface area contributed by atoms with Crippen LogP contribution in [0.3, 0.4) is 0 Å². The Labute approximate surface area is 229 Å². The number of nitrogens with zero attached hydrogens (tertiary/aromatic N) is 2. The van der Waals surface area contributed by atoms with Crippen molar-refractivity contribution < 1.29 is 13.9 Å². The van der Waals surface area contributed by atoms with Crippen molar-refractivity contribution in [3.63, 3.8) is 0 Å². The highest BCUT2D eigenvalue weighted by Crippen LogP contribution is 2.25. The van der Waals surface area contributed by atoms with E-state index in [1.54, 1.807) is 0 Å². The lowest BCUT2D eigenvalue weighted by Crippen LogP contribution is -2.20. The zero-order valence-electron chi connectivity index (χ0n) is 23.5. The topological polar surface area (TPSA) is 44.2 Å². The average Bonchev–Trinajstić information content (AvgIpc) is 2.97. The van der Waals surface area contributed by atoms with E-state index in [-0.39, 0.29) is 12.5 Å². The molecule has 5 heteroatoms. The Hall–Kier alpha value is -2.95. The van der Waals surface area contributed by atoms with Gasteiger partial charge in [0.1, 0.15) is 24.3 Å². The van der Waals surface area contributed by atoms with E-state index >= 15 is 0 Å². The van der Waals surface area contributed by atoms with Gasteiger partial charge in [0.2, 0.25) is 0 Å². The molecular formula is C33H45FN2O2. The van der Waals surface area contributed by atoms with Crippen LogP contribution in [-0.4, -0.2) is 29.4 Å². The van der Waals surface area contributed by atoms with Gasteiger partial charge in [-0.05, 0) is 54.3 Å². The fourth-order valence-electron chi connectivity index (χ4n) is 4.27. The van der Waals surface area contributed by atoms with Crippen LogP contribution >= 0.6 is 0 Å². The Morgan fingerprint density at radius 2 is 1.18 bits per heavy atom. The Morgan fingerprint density at radius 1 is 0.658 bits per heavy atom. The SMILES string of the molecule is CCCCCCCCCCCOc1ccc(-c2ncc(-c3ccc(OCC(F)C(C)CC)cc3)cn2)cc1. The lowest BCUT2D eigenvalue weighted by Gasteiger charge is -2.15. The average molecular weight is 521 g/mol. The molecule has 2 aromatic carbocycles. The lowest BCUT2D eigenvalue weighted by atomic mass is 10.0. The zero-order valence-corrected chi connectivity index (χ0v) is 23.5. The van der Waals surface area contributed by atoms with Crippen molar-refractivity contribution in [3.05, 3.63) is 60.9 Å². The second-order valence-corrected chi connectivity index (χ2v) is 10.2. The molecule has 0 aliphatic carbocycles. The summed E-state index contributed by atoms with van der Waals surface area (Å²) in [6, 6.07) is 15.6. The third-order valence-corrected chi connectivity index (χ3v) is 7.14. The minimum atomic E-state index is -0.957. The van der Waals surface area contributed by atoms with Gasteiger partial charge in [-0.15, -0.1) is 0 Å². The molecule has 38 heavy (non-hydrogen) atoms. The van der Waals surface area contributed by atoms with Gasteiger partial charge in [0, 0.05) is 23.5 Å². The van der Waals surface area contributed by atoms with E-state index in [1.807, 2.05) is 74.8 Å². The Morgan fingerprint density at radius 3 is 1.76 bits per heavy atom. The van der Waals surface area contributed by atoms with Crippen LogP contribution in [0.4, 0.5) is 4.39 Å². The molecule has 0 amide bonds. The summed E-state index contributed by atoms with van der Waals surface area (Å²) in [5.74, 6) is 2.23. The predicted molar refractivity (Wildman–Crippen MR) is 155 cm³/mol. The van der Waals surface area contributed by atoms with Crippen molar-refractivity contribution in [2.24, 2.45) is 5.92 Å². The number of aromatic nitrogens is 2. The number of hydrogen-bond acceptors (Lipinski definition) is 4. The summed E-state index contributed by atoms with van der Waals surface area (Å²) in [7, 11) is 0. The predicted octanol–water partition coefficient (Wildman–Crippen LogP) is 9.48. The highest BCUT2D eigenvalue weighted by atomic mass is 19.1. The summed E-state index contributed by atoms with van der Waals surface area (Å²) in [4.78, 5) is 9.12. The van der Waals surface area contributed by atoms with Gasteiger partial charge in [-0.25, -0.2) is 14.4 Å². The molecular weight excluding hydrogens is 475 g/mol. The standard InChI is InChI=1S/C33H45FN2O2/c1-4-6-7-8-9-10-11-12-13-22-37-30-20-16-28(17-21-30)33-35-23-29(24-36-33)27-14-18-31(19-15-27)38-25-32(34)26(3)5-2/h14-21,23-24,26,32H,4-13,22,25H2,1-3H3. The summed E-state index contributed by atoms with van der Waals surface area (Å²) < 4.78 is 25.6. The first-order chi connectivity index (χ1) is 18.6. The van der Waals surface area contributed by atoms with Crippen molar-refractivity contribution in [1.82, 2.24) is 9.97 Å². The molecule has 3 aromatic rings. The fourth-order valence-corrected chi connectivity index (χ4v) is 4.27. The molecule has 0 fully saturated rings. The monoisotopic (exact) mass is 520 g/mol. The number of benzene rings is 2. The van der Waals surface area contributed by atoms with Crippen molar-refractivity contribution in [2.45, 2.75) is 91.2 Å². The third-order valence-electron chi connectivity index (χ3n) is 7.14. The van der Waals surface area contributed by atoms with E-state index < -0.39 is 6.17 Å². The van der Waals surface area contributed by atoms with Crippen molar-refractivity contribution in [1.29, 1.82) is 0 Å². The minimum absolute atomic E-state index is 0.00166. The first-order valence-corrected chi connectivity index (χ1v) is 14.5. The van der Waals surface area contributed by atoms with Crippen LogP contribution in [0.15, 0.2) is 60.9 Å². The molecule has 206 valence electrons. The molecule has 3 rings (SSSR count). The molecule has 0 aliphatic rings. The molecule has 0 aliphatic heterocycles. The number of unbranched alkanes of at least 4 members (excludes halogenated alkanes) is 8. The fraction of sp³-hybridized carbons (Fsp3) is 0.515. The van der Waals surface area contributed by atoms with Crippen molar-refractivity contribution in [2.75, 3.05) is 13.2 Å². The Kier molecular flexibility index (Phi) is 13.1. The number of hydrogen-bond donors (Lipinski definition) is 0. The van der Waals surface area contributed by atoms with Crippen molar-refractivity contribution in [3.8, 4) is 34.0 Å². The van der Waals surface area contributed by atoms with E-state index in [0.29, 0.717) is 11.6 Å². The van der Waals surface area contributed by atoms with Crippen LogP contribution in [0.25, 0.3) is 22.5 Å². The third kappa shape index (κ3) is 10.1. The van der Waals surface area contributed by atoms with Gasteiger partial charge in [-0.2, -0.15) is 0 Å². The number of halogens is 1. The normalized spacial score (nSPS) is 12.7. The molecule has 1 heterocycles. The molecule has 0 bridgehead atoms. The van der Waals surface area contributed by atoms with E-state index in [4.69, 9.17) is 9.47 Å². The lowest BCUT2D eigenvalue weighted by molar-refractivity contribution is 0.145. The second kappa shape index (κ2) is 16.8. The summed E-state index contributed by atoms with van der Waals surface area (Å²) >= 11 is 0.